The first-order chi connectivity index (χ1) is 19.2. The third-order valence-electron chi connectivity index (χ3n) is 6.43. The normalized spacial score (nSPS) is 20.8. The number of thioether (sulfide) groups is 1. The predicted molar refractivity (Wildman–Crippen MR) is 152 cm³/mol. The molecule has 1 fully saturated rings. The Morgan fingerprint density at radius 2 is 1.31 bits per heavy atom. The minimum Gasteiger partial charge on any atom is -0.452 e. The fourth-order valence-corrected chi connectivity index (χ4v) is 5.61. The van der Waals surface area contributed by atoms with Gasteiger partial charge in [-0.1, -0.05) is 109 Å². The zero-order chi connectivity index (χ0) is 26.7. The van der Waals surface area contributed by atoms with Crippen LogP contribution >= 0.6 is 11.8 Å². The highest BCUT2D eigenvalue weighted by Gasteiger charge is 2.43. The van der Waals surface area contributed by atoms with Crippen LogP contribution in [0.5, 0.6) is 0 Å². The number of carbonyl (C=O) groups is 1. The predicted octanol–water partition coefficient (Wildman–Crippen LogP) is 6.92. The summed E-state index contributed by atoms with van der Waals surface area (Å²) >= 11 is 1.53. The Kier molecular flexibility index (Phi) is 9.82. The molecule has 0 amide bonds. The molecule has 0 aromatic heterocycles. The molecule has 0 bridgehead atoms. The number of carbonyl (C=O) groups excluding carboxylic acids is 1. The molecular weight excluding hydrogens is 508 g/mol. The lowest BCUT2D eigenvalue weighted by molar-refractivity contribution is -0.173. The van der Waals surface area contributed by atoms with Crippen LogP contribution in [0.15, 0.2) is 126 Å². The minimum absolute atomic E-state index is 0.220. The van der Waals surface area contributed by atoms with Crippen LogP contribution in [0.4, 0.5) is 0 Å². The first-order valence-electron chi connectivity index (χ1n) is 13.1. The van der Waals surface area contributed by atoms with Gasteiger partial charge < -0.3 is 18.9 Å². The molecule has 0 spiro atoms. The second kappa shape index (κ2) is 14.1. The first-order valence-corrected chi connectivity index (χ1v) is 14.0. The minimum atomic E-state index is -0.614. The molecule has 0 saturated carbocycles. The van der Waals surface area contributed by atoms with E-state index in [-0.39, 0.29) is 12.2 Å². The summed E-state index contributed by atoms with van der Waals surface area (Å²) in [6, 6.07) is 39.1. The average molecular weight is 541 g/mol. The Morgan fingerprint density at radius 1 is 0.744 bits per heavy atom. The summed E-state index contributed by atoms with van der Waals surface area (Å²) in [4.78, 5) is 14.2. The van der Waals surface area contributed by atoms with Gasteiger partial charge in [-0.2, -0.15) is 0 Å². The van der Waals surface area contributed by atoms with E-state index in [2.05, 4.69) is 0 Å². The maximum atomic E-state index is 13.2. The fourth-order valence-electron chi connectivity index (χ4n) is 4.45. The molecule has 5 nitrogen and oxygen atoms in total. The van der Waals surface area contributed by atoms with Crippen molar-refractivity contribution in [2.24, 2.45) is 0 Å². The second-order valence-corrected chi connectivity index (χ2v) is 10.5. The van der Waals surface area contributed by atoms with Gasteiger partial charge in [0.05, 0.1) is 31.5 Å². The Balaban J connectivity index is 1.35. The van der Waals surface area contributed by atoms with Crippen molar-refractivity contribution in [1.82, 2.24) is 0 Å². The van der Waals surface area contributed by atoms with Gasteiger partial charge in [0, 0.05) is 11.3 Å². The van der Waals surface area contributed by atoms with E-state index in [0.717, 1.165) is 16.0 Å². The summed E-state index contributed by atoms with van der Waals surface area (Å²) in [5.74, 6) is -0.394. The van der Waals surface area contributed by atoms with E-state index < -0.39 is 17.5 Å². The maximum Gasteiger partial charge on any atom is 0.338 e. The van der Waals surface area contributed by atoms with Crippen LogP contribution in [0.1, 0.15) is 27.9 Å². The summed E-state index contributed by atoms with van der Waals surface area (Å²) in [6.45, 7) is 1.32. The van der Waals surface area contributed by atoms with Gasteiger partial charge in [-0.25, -0.2) is 4.79 Å². The SMILES string of the molecule is O=C(O[C@@H]1[C@@H](OCc2ccccc2)C[C@@H](COCc2ccccc2)O[C@H]1Sc1ccccc1)c1ccccc1. The monoisotopic (exact) mass is 540 g/mol. The topological polar surface area (TPSA) is 54.0 Å². The highest BCUT2D eigenvalue weighted by molar-refractivity contribution is 7.99. The van der Waals surface area contributed by atoms with E-state index in [0.29, 0.717) is 31.8 Å². The molecule has 0 aliphatic carbocycles. The van der Waals surface area contributed by atoms with Crippen LogP contribution < -0.4 is 0 Å². The lowest BCUT2D eigenvalue weighted by Crippen LogP contribution is -2.51. The molecule has 0 unspecified atom stereocenters. The molecule has 5 rings (SSSR count). The van der Waals surface area contributed by atoms with Crippen molar-refractivity contribution in [3.63, 3.8) is 0 Å². The lowest BCUT2D eigenvalue weighted by atomic mass is 10.0. The molecule has 39 heavy (non-hydrogen) atoms. The molecule has 1 heterocycles. The van der Waals surface area contributed by atoms with Crippen molar-refractivity contribution in [1.29, 1.82) is 0 Å². The van der Waals surface area contributed by atoms with Gasteiger partial charge in [0.2, 0.25) is 0 Å². The molecule has 1 aliphatic heterocycles. The van der Waals surface area contributed by atoms with Gasteiger partial charge in [0.1, 0.15) is 11.5 Å². The van der Waals surface area contributed by atoms with Crippen molar-refractivity contribution >= 4 is 17.7 Å². The number of benzene rings is 4. The standard InChI is InChI=1S/C33H32O5S/c34-32(27-17-9-3-10-18-27)38-31-30(36-23-26-15-7-2-8-16-26)21-28(24-35-22-25-13-5-1-6-14-25)37-33(31)39-29-19-11-4-12-20-29/h1-20,28,30-31,33H,21-24H2/t28-,30-,31+,33-/m0/s1. The summed E-state index contributed by atoms with van der Waals surface area (Å²) < 4.78 is 25.2. The molecule has 4 aromatic carbocycles. The van der Waals surface area contributed by atoms with Gasteiger partial charge in [0.15, 0.2) is 6.10 Å². The number of esters is 1. The van der Waals surface area contributed by atoms with E-state index in [9.17, 15) is 4.79 Å². The number of rotatable bonds is 11. The maximum absolute atomic E-state index is 13.2. The van der Waals surface area contributed by atoms with E-state index in [1.165, 1.54) is 11.8 Å². The lowest BCUT2D eigenvalue weighted by Gasteiger charge is -2.40. The largest absolute Gasteiger partial charge is 0.452 e. The van der Waals surface area contributed by atoms with Crippen molar-refractivity contribution in [2.45, 2.75) is 48.3 Å². The van der Waals surface area contributed by atoms with Gasteiger partial charge in [-0.15, -0.1) is 0 Å². The molecule has 1 aliphatic rings. The van der Waals surface area contributed by atoms with Crippen LogP contribution in [-0.4, -0.2) is 36.3 Å². The zero-order valence-electron chi connectivity index (χ0n) is 21.6. The Hall–Kier alpha value is -3.42. The third-order valence-corrected chi connectivity index (χ3v) is 7.58. The van der Waals surface area contributed by atoms with Gasteiger partial charge >= 0.3 is 5.97 Å². The van der Waals surface area contributed by atoms with Gasteiger partial charge in [-0.3, -0.25) is 0 Å². The van der Waals surface area contributed by atoms with Crippen LogP contribution in [0.3, 0.4) is 0 Å². The number of hydrogen-bond donors (Lipinski definition) is 0. The molecule has 0 radical (unpaired) electrons. The van der Waals surface area contributed by atoms with Crippen molar-refractivity contribution in [3.8, 4) is 0 Å². The first kappa shape index (κ1) is 27.2. The Morgan fingerprint density at radius 3 is 1.95 bits per heavy atom. The summed E-state index contributed by atoms with van der Waals surface area (Å²) in [7, 11) is 0. The molecule has 0 N–H and O–H groups in total. The van der Waals surface area contributed by atoms with Crippen molar-refractivity contribution < 1.29 is 23.7 Å². The quantitative estimate of drug-likeness (QED) is 0.193. The average Bonchev–Trinajstić information content (AvgIpc) is 2.99. The molecule has 4 atom stereocenters. The van der Waals surface area contributed by atoms with Crippen LogP contribution in [0, 0.1) is 0 Å². The van der Waals surface area contributed by atoms with Crippen LogP contribution in [0.2, 0.25) is 0 Å². The Bertz CT molecular complexity index is 1270. The summed E-state index contributed by atoms with van der Waals surface area (Å²) in [6.07, 6.45) is -0.669. The third kappa shape index (κ3) is 8.04. The molecule has 200 valence electrons. The summed E-state index contributed by atoms with van der Waals surface area (Å²) in [5, 5.41) is 0. The van der Waals surface area contributed by atoms with Crippen LogP contribution in [0.25, 0.3) is 0 Å². The highest BCUT2D eigenvalue weighted by Crippen LogP contribution is 2.36. The van der Waals surface area contributed by atoms with Gasteiger partial charge in [0.25, 0.3) is 0 Å². The van der Waals surface area contributed by atoms with Crippen molar-refractivity contribution in [2.75, 3.05) is 6.61 Å². The van der Waals surface area contributed by atoms with E-state index >= 15 is 0 Å². The summed E-state index contributed by atoms with van der Waals surface area (Å²) in [5.41, 5.74) is 2.19. The van der Waals surface area contributed by atoms with E-state index in [1.54, 1.807) is 12.1 Å². The highest BCUT2D eigenvalue weighted by atomic mass is 32.2. The number of ether oxygens (including phenoxy) is 4. The zero-order valence-corrected chi connectivity index (χ0v) is 22.5. The van der Waals surface area contributed by atoms with Crippen LogP contribution in [-0.2, 0) is 32.2 Å². The number of hydrogen-bond acceptors (Lipinski definition) is 6. The molecule has 1 saturated heterocycles. The van der Waals surface area contributed by atoms with Gasteiger partial charge in [-0.05, 0) is 35.4 Å². The Labute approximate surface area is 234 Å². The fraction of sp³-hybridized carbons (Fsp3) is 0.242. The molecule has 4 aromatic rings. The molecular formula is C33H32O5S. The van der Waals surface area contributed by atoms with E-state index in [4.69, 9.17) is 18.9 Å². The van der Waals surface area contributed by atoms with E-state index in [1.807, 2.05) is 109 Å². The van der Waals surface area contributed by atoms with Crippen molar-refractivity contribution in [3.05, 3.63) is 138 Å². The second-order valence-electron chi connectivity index (χ2n) is 9.36. The molecule has 6 heteroatoms. The smallest absolute Gasteiger partial charge is 0.338 e.